The fraction of sp³-hybridized carbons (Fsp3) is 0.0667. The Labute approximate surface area is 104 Å². The summed E-state index contributed by atoms with van der Waals surface area (Å²) in [6.07, 6.45) is 0. The zero-order valence-corrected chi connectivity index (χ0v) is 10.0. The molecule has 1 radical (unpaired) electrons. The monoisotopic (exact) mass is 239 g/mol. The number of hydrogen-bond acceptors (Lipinski definition) is 2. The summed E-state index contributed by atoms with van der Waals surface area (Å²) in [5.41, 5.74) is 1.19. The van der Waals surface area contributed by atoms with Crippen LogP contribution in [-0.4, -0.2) is 0 Å². The van der Waals surface area contributed by atoms with E-state index in [1.54, 1.807) is 11.3 Å². The summed E-state index contributed by atoms with van der Waals surface area (Å²) in [4.78, 5) is 0. The molecule has 2 heteroatoms. The summed E-state index contributed by atoms with van der Waals surface area (Å²) in [5, 5.41) is 3.41. The minimum Gasteiger partial charge on any atom is -0.488 e. The molecule has 0 saturated heterocycles. The molecule has 3 rings (SSSR count). The van der Waals surface area contributed by atoms with Crippen LogP contribution in [0.3, 0.4) is 0 Å². The van der Waals surface area contributed by atoms with Gasteiger partial charge in [-0.1, -0.05) is 30.3 Å². The molecule has 0 aliphatic heterocycles. The van der Waals surface area contributed by atoms with Crippen LogP contribution in [0.5, 0.6) is 5.75 Å². The molecule has 1 heterocycles. The van der Waals surface area contributed by atoms with Gasteiger partial charge in [-0.15, -0.1) is 11.3 Å². The lowest BCUT2D eigenvalue weighted by Gasteiger charge is -2.05. The zero-order chi connectivity index (χ0) is 11.5. The molecule has 1 nitrogen and oxygen atoms in total. The minimum atomic E-state index is 0.592. The summed E-state index contributed by atoms with van der Waals surface area (Å²) in [6.45, 7) is 0.592. The predicted molar refractivity (Wildman–Crippen MR) is 71.4 cm³/mol. The molecular formula is C15H11OS. The Morgan fingerprint density at radius 2 is 2.12 bits per heavy atom. The van der Waals surface area contributed by atoms with Gasteiger partial charge < -0.3 is 4.74 Å². The van der Waals surface area contributed by atoms with Crippen molar-refractivity contribution in [3.05, 3.63) is 65.5 Å². The van der Waals surface area contributed by atoms with Crippen molar-refractivity contribution in [1.29, 1.82) is 0 Å². The van der Waals surface area contributed by atoms with Crippen molar-refractivity contribution >= 4 is 21.4 Å². The van der Waals surface area contributed by atoms with E-state index in [1.807, 2.05) is 24.3 Å². The quantitative estimate of drug-likeness (QED) is 0.663. The van der Waals surface area contributed by atoms with Gasteiger partial charge in [-0.3, -0.25) is 0 Å². The van der Waals surface area contributed by atoms with Crippen LogP contribution in [0.4, 0.5) is 0 Å². The summed E-state index contributed by atoms with van der Waals surface area (Å²) < 4.78 is 6.98. The van der Waals surface area contributed by atoms with Gasteiger partial charge >= 0.3 is 0 Å². The number of thiophene rings is 1. The van der Waals surface area contributed by atoms with Gasteiger partial charge in [-0.2, -0.15) is 0 Å². The van der Waals surface area contributed by atoms with Crippen LogP contribution in [0, 0.1) is 6.07 Å². The summed E-state index contributed by atoms with van der Waals surface area (Å²) in [5.74, 6) is 0.791. The van der Waals surface area contributed by atoms with Gasteiger partial charge in [-0.25, -0.2) is 0 Å². The summed E-state index contributed by atoms with van der Waals surface area (Å²) in [6, 6.07) is 19.3. The highest BCUT2D eigenvalue weighted by molar-refractivity contribution is 7.17. The predicted octanol–water partition coefficient (Wildman–Crippen LogP) is 4.28. The maximum Gasteiger partial charge on any atom is 0.127 e. The highest BCUT2D eigenvalue weighted by Gasteiger charge is 1.99. The van der Waals surface area contributed by atoms with Gasteiger partial charge in [0.2, 0.25) is 0 Å². The Morgan fingerprint density at radius 1 is 1.12 bits per heavy atom. The first-order valence-electron chi connectivity index (χ1n) is 5.47. The van der Waals surface area contributed by atoms with Crippen LogP contribution < -0.4 is 4.74 Å². The van der Waals surface area contributed by atoms with E-state index in [1.165, 1.54) is 15.6 Å². The smallest absolute Gasteiger partial charge is 0.127 e. The van der Waals surface area contributed by atoms with Crippen LogP contribution in [0.25, 0.3) is 10.1 Å². The molecule has 17 heavy (non-hydrogen) atoms. The molecule has 2 aromatic carbocycles. The Balaban J connectivity index is 1.76. The van der Waals surface area contributed by atoms with Crippen molar-refractivity contribution in [1.82, 2.24) is 0 Å². The molecule has 0 aliphatic carbocycles. The molecule has 0 saturated carbocycles. The average Bonchev–Trinajstić information content (AvgIpc) is 2.85. The SMILES string of the molecule is [c]1ccccc1OCc1ccc2ccsc2c1. The minimum absolute atomic E-state index is 0.592. The number of ether oxygens (including phenoxy) is 1. The van der Waals surface area contributed by atoms with Crippen LogP contribution >= 0.6 is 11.3 Å². The van der Waals surface area contributed by atoms with Gasteiger partial charge in [0.25, 0.3) is 0 Å². The second-order valence-electron chi connectivity index (χ2n) is 3.81. The third-order valence-electron chi connectivity index (χ3n) is 2.60. The molecule has 0 N–H and O–H groups in total. The van der Waals surface area contributed by atoms with Crippen LogP contribution in [-0.2, 0) is 6.61 Å². The largest absolute Gasteiger partial charge is 0.488 e. The van der Waals surface area contributed by atoms with E-state index in [2.05, 4.69) is 35.7 Å². The molecule has 0 bridgehead atoms. The number of rotatable bonds is 3. The third-order valence-corrected chi connectivity index (χ3v) is 3.48. The maximum absolute atomic E-state index is 5.67. The van der Waals surface area contributed by atoms with Gasteiger partial charge in [0.15, 0.2) is 0 Å². The molecule has 0 aliphatic rings. The van der Waals surface area contributed by atoms with Crippen LogP contribution in [0.15, 0.2) is 53.9 Å². The molecule has 1 aromatic heterocycles. The molecule has 0 fully saturated rings. The van der Waals surface area contributed by atoms with Gasteiger partial charge in [-0.05, 0) is 34.5 Å². The molecule has 83 valence electrons. The fourth-order valence-corrected chi connectivity index (χ4v) is 2.57. The molecular weight excluding hydrogens is 228 g/mol. The fourth-order valence-electron chi connectivity index (χ4n) is 1.72. The number of para-hydroxylation sites is 1. The van der Waals surface area contributed by atoms with E-state index in [0.29, 0.717) is 6.61 Å². The van der Waals surface area contributed by atoms with E-state index < -0.39 is 0 Å². The second-order valence-corrected chi connectivity index (χ2v) is 4.76. The van der Waals surface area contributed by atoms with E-state index in [0.717, 1.165) is 5.75 Å². The zero-order valence-electron chi connectivity index (χ0n) is 9.22. The first-order chi connectivity index (χ1) is 8.42. The Morgan fingerprint density at radius 3 is 3.00 bits per heavy atom. The lowest BCUT2D eigenvalue weighted by molar-refractivity contribution is 0.306. The average molecular weight is 239 g/mol. The van der Waals surface area contributed by atoms with Gasteiger partial charge in [0.05, 0.1) is 0 Å². The molecule has 0 spiro atoms. The lowest BCUT2D eigenvalue weighted by atomic mass is 10.2. The van der Waals surface area contributed by atoms with Crippen LogP contribution in [0.1, 0.15) is 5.56 Å². The van der Waals surface area contributed by atoms with Crippen molar-refractivity contribution in [2.75, 3.05) is 0 Å². The molecule has 3 aromatic rings. The Hall–Kier alpha value is -1.80. The second kappa shape index (κ2) is 4.60. The van der Waals surface area contributed by atoms with Crippen molar-refractivity contribution in [2.24, 2.45) is 0 Å². The number of benzene rings is 2. The molecule has 0 amide bonds. The van der Waals surface area contributed by atoms with Crippen molar-refractivity contribution in [2.45, 2.75) is 6.61 Å². The van der Waals surface area contributed by atoms with E-state index in [4.69, 9.17) is 4.74 Å². The summed E-state index contributed by atoms with van der Waals surface area (Å²) in [7, 11) is 0. The highest BCUT2D eigenvalue weighted by atomic mass is 32.1. The Kier molecular flexibility index (Phi) is 2.80. The number of hydrogen-bond donors (Lipinski definition) is 0. The van der Waals surface area contributed by atoms with Crippen molar-refractivity contribution < 1.29 is 4.74 Å². The standard InChI is InChI=1S/C15H11OS/c1-2-4-14(5-3-1)16-11-12-6-7-13-8-9-17-15(13)10-12/h1-4,6-10H,11H2. The highest BCUT2D eigenvalue weighted by Crippen LogP contribution is 2.22. The van der Waals surface area contributed by atoms with Crippen molar-refractivity contribution in [3.63, 3.8) is 0 Å². The van der Waals surface area contributed by atoms with E-state index >= 15 is 0 Å². The normalized spacial score (nSPS) is 10.6. The summed E-state index contributed by atoms with van der Waals surface area (Å²) >= 11 is 1.76. The maximum atomic E-state index is 5.67. The Bertz CT molecular complexity index is 613. The molecule has 0 atom stereocenters. The first kappa shape index (κ1) is 10.4. The lowest BCUT2D eigenvalue weighted by Crippen LogP contribution is -1.94. The number of fused-ring (bicyclic) bond motifs is 1. The molecule has 0 unspecified atom stereocenters. The van der Waals surface area contributed by atoms with Crippen LogP contribution in [0.2, 0.25) is 0 Å². The van der Waals surface area contributed by atoms with Gasteiger partial charge in [0.1, 0.15) is 12.4 Å². The van der Waals surface area contributed by atoms with Crippen molar-refractivity contribution in [3.8, 4) is 5.75 Å². The van der Waals surface area contributed by atoms with Gasteiger partial charge in [0, 0.05) is 10.8 Å². The van der Waals surface area contributed by atoms with E-state index in [-0.39, 0.29) is 0 Å². The topological polar surface area (TPSA) is 9.23 Å². The van der Waals surface area contributed by atoms with E-state index in [9.17, 15) is 0 Å². The first-order valence-corrected chi connectivity index (χ1v) is 6.35. The third kappa shape index (κ3) is 2.32.